The van der Waals surface area contributed by atoms with Crippen LogP contribution >= 0.6 is 11.3 Å². The van der Waals surface area contributed by atoms with Gasteiger partial charge in [-0.25, -0.2) is 0 Å². The first-order valence-electron chi connectivity index (χ1n) is 7.69. The molecule has 1 fully saturated rings. The van der Waals surface area contributed by atoms with Crippen molar-refractivity contribution in [1.82, 2.24) is 4.90 Å². The van der Waals surface area contributed by atoms with Crippen molar-refractivity contribution in [2.45, 2.75) is 6.54 Å². The smallest absolute Gasteiger partial charge is 0.247 e. The Morgan fingerprint density at radius 1 is 1.14 bits per heavy atom. The average molecular weight is 313 g/mol. The Hall–Kier alpha value is -1.91. The second-order valence-corrected chi connectivity index (χ2v) is 6.57. The van der Waals surface area contributed by atoms with Crippen LogP contribution in [0.25, 0.3) is 6.08 Å². The molecule has 1 aromatic heterocycles. The number of hydrogen-bond acceptors (Lipinski definition) is 2. The molecule has 22 heavy (non-hydrogen) atoms. The minimum Gasteiger partial charge on any atom is -0.328 e. The number of carbonyl (C=O) groups excluding carboxylic acids is 1. The van der Waals surface area contributed by atoms with E-state index in [2.05, 4.69) is 30.3 Å². The molecule has 2 heterocycles. The van der Waals surface area contributed by atoms with Gasteiger partial charge in [-0.15, -0.1) is 11.3 Å². The Morgan fingerprint density at radius 2 is 1.91 bits per heavy atom. The molecule has 1 aliphatic heterocycles. The Morgan fingerprint density at radius 3 is 2.59 bits per heavy atom. The predicted octanol–water partition coefficient (Wildman–Crippen LogP) is 1.69. The van der Waals surface area contributed by atoms with Crippen LogP contribution < -0.4 is 4.90 Å². The number of quaternary nitrogens is 1. The summed E-state index contributed by atoms with van der Waals surface area (Å²) in [6.07, 6.45) is 3.62. The molecular weight excluding hydrogens is 292 g/mol. The van der Waals surface area contributed by atoms with E-state index in [4.69, 9.17) is 0 Å². The van der Waals surface area contributed by atoms with E-state index in [9.17, 15) is 4.79 Å². The fourth-order valence-electron chi connectivity index (χ4n) is 2.75. The molecule has 0 radical (unpaired) electrons. The summed E-state index contributed by atoms with van der Waals surface area (Å²) in [4.78, 5) is 16.8. The highest BCUT2D eigenvalue weighted by Crippen LogP contribution is 2.10. The van der Waals surface area contributed by atoms with Crippen molar-refractivity contribution in [2.75, 3.05) is 26.2 Å². The highest BCUT2D eigenvalue weighted by Gasteiger charge is 2.22. The van der Waals surface area contributed by atoms with Crippen molar-refractivity contribution in [3.63, 3.8) is 0 Å². The van der Waals surface area contributed by atoms with Crippen molar-refractivity contribution in [3.8, 4) is 0 Å². The van der Waals surface area contributed by atoms with Crippen molar-refractivity contribution >= 4 is 23.3 Å². The maximum Gasteiger partial charge on any atom is 0.247 e. The lowest BCUT2D eigenvalue weighted by Crippen LogP contribution is -3.13. The molecule has 1 amide bonds. The number of carbonyl (C=O) groups is 1. The third-order valence-corrected chi connectivity index (χ3v) is 4.85. The number of amides is 1. The number of benzene rings is 1. The van der Waals surface area contributed by atoms with E-state index in [1.54, 1.807) is 22.3 Å². The first kappa shape index (κ1) is 15.0. The Bertz CT molecular complexity index is 614. The largest absolute Gasteiger partial charge is 0.328 e. The number of thiophene rings is 1. The van der Waals surface area contributed by atoms with Gasteiger partial charge in [0.1, 0.15) is 6.54 Å². The molecule has 0 unspecified atom stereocenters. The number of piperazine rings is 1. The van der Waals surface area contributed by atoms with Crippen LogP contribution in [0.15, 0.2) is 53.9 Å². The topological polar surface area (TPSA) is 24.8 Å². The molecule has 0 bridgehead atoms. The molecule has 0 saturated carbocycles. The van der Waals surface area contributed by atoms with Gasteiger partial charge in [0.25, 0.3) is 0 Å². The zero-order chi connectivity index (χ0) is 15.2. The van der Waals surface area contributed by atoms with Gasteiger partial charge < -0.3 is 9.80 Å². The van der Waals surface area contributed by atoms with E-state index in [0.717, 1.165) is 37.6 Å². The fourth-order valence-corrected chi connectivity index (χ4v) is 3.37. The summed E-state index contributed by atoms with van der Waals surface area (Å²) in [6, 6.07) is 14.6. The van der Waals surface area contributed by atoms with E-state index in [0.29, 0.717) is 0 Å². The first-order valence-corrected chi connectivity index (χ1v) is 8.57. The van der Waals surface area contributed by atoms with Gasteiger partial charge in [-0.05, 0) is 17.5 Å². The van der Waals surface area contributed by atoms with Gasteiger partial charge >= 0.3 is 0 Å². The quantitative estimate of drug-likeness (QED) is 0.854. The average Bonchev–Trinajstić information content (AvgIpc) is 3.08. The van der Waals surface area contributed by atoms with Crippen molar-refractivity contribution < 1.29 is 9.69 Å². The second kappa shape index (κ2) is 7.38. The molecule has 1 aliphatic rings. The molecule has 1 N–H and O–H groups in total. The zero-order valence-corrected chi connectivity index (χ0v) is 13.4. The lowest BCUT2D eigenvalue weighted by molar-refractivity contribution is -0.917. The van der Waals surface area contributed by atoms with E-state index < -0.39 is 0 Å². The minimum absolute atomic E-state index is 0.132. The van der Waals surface area contributed by atoms with Gasteiger partial charge in [-0.2, -0.15) is 0 Å². The molecule has 114 valence electrons. The summed E-state index contributed by atoms with van der Waals surface area (Å²) in [7, 11) is 0. The molecule has 0 spiro atoms. The van der Waals surface area contributed by atoms with Crippen LogP contribution in [0, 0.1) is 0 Å². The maximum absolute atomic E-state index is 12.2. The van der Waals surface area contributed by atoms with E-state index >= 15 is 0 Å². The first-order chi connectivity index (χ1) is 10.8. The van der Waals surface area contributed by atoms with Crippen LogP contribution in [0.5, 0.6) is 0 Å². The number of rotatable bonds is 4. The molecule has 0 aliphatic carbocycles. The van der Waals surface area contributed by atoms with Gasteiger partial charge in [0.2, 0.25) is 5.91 Å². The van der Waals surface area contributed by atoms with Crippen LogP contribution in [0.1, 0.15) is 10.4 Å². The Kier molecular flexibility index (Phi) is 5.03. The second-order valence-electron chi connectivity index (χ2n) is 5.59. The van der Waals surface area contributed by atoms with Crippen molar-refractivity contribution in [1.29, 1.82) is 0 Å². The number of nitrogens with zero attached hydrogens (tertiary/aromatic N) is 1. The normalized spacial score (nSPS) is 16.3. The van der Waals surface area contributed by atoms with Gasteiger partial charge in [0.15, 0.2) is 0 Å². The van der Waals surface area contributed by atoms with Crippen molar-refractivity contribution in [2.24, 2.45) is 0 Å². The van der Waals surface area contributed by atoms with Crippen LogP contribution in [0.4, 0.5) is 0 Å². The highest BCUT2D eigenvalue weighted by atomic mass is 32.1. The third kappa shape index (κ3) is 4.06. The van der Waals surface area contributed by atoms with Crippen LogP contribution in [-0.2, 0) is 11.3 Å². The van der Waals surface area contributed by atoms with Crippen molar-refractivity contribution in [3.05, 3.63) is 64.4 Å². The maximum atomic E-state index is 12.2. The number of nitrogens with one attached hydrogen (secondary N) is 1. The Balaban J connectivity index is 1.48. The lowest BCUT2D eigenvalue weighted by atomic mass is 10.2. The molecule has 4 heteroatoms. The fraction of sp³-hybridized carbons (Fsp3) is 0.278. The summed E-state index contributed by atoms with van der Waals surface area (Å²) in [5.74, 6) is 0.132. The molecule has 1 aromatic carbocycles. The summed E-state index contributed by atoms with van der Waals surface area (Å²) >= 11 is 1.65. The summed E-state index contributed by atoms with van der Waals surface area (Å²) in [6.45, 7) is 4.78. The van der Waals surface area contributed by atoms with Crippen LogP contribution in [-0.4, -0.2) is 37.0 Å². The molecule has 1 saturated heterocycles. The van der Waals surface area contributed by atoms with Gasteiger partial charge in [0, 0.05) is 16.5 Å². The molecule has 3 rings (SSSR count). The van der Waals surface area contributed by atoms with Crippen LogP contribution in [0.3, 0.4) is 0 Å². The zero-order valence-electron chi connectivity index (χ0n) is 12.6. The summed E-state index contributed by atoms with van der Waals surface area (Å²) in [5.41, 5.74) is 1.37. The van der Waals surface area contributed by atoms with E-state index in [1.807, 2.05) is 28.5 Å². The lowest BCUT2D eigenvalue weighted by Gasteiger charge is -2.31. The summed E-state index contributed by atoms with van der Waals surface area (Å²) < 4.78 is 0. The minimum atomic E-state index is 0.132. The standard InChI is InChI=1S/C18H20N2OS/c21-18(9-8-17-7-4-14-22-17)20-12-10-19(11-13-20)15-16-5-2-1-3-6-16/h1-9,14H,10-13,15H2/p+1/b9-8+. The van der Waals surface area contributed by atoms with Gasteiger partial charge in [-0.1, -0.05) is 36.4 Å². The highest BCUT2D eigenvalue weighted by molar-refractivity contribution is 7.10. The Labute approximate surface area is 135 Å². The third-order valence-electron chi connectivity index (χ3n) is 4.01. The van der Waals surface area contributed by atoms with E-state index in [1.165, 1.54) is 5.56 Å². The summed E-state index contributed by atoms with van der Waals surface area (Å²) in [5, 5.41) is 2.02. The SMILES string of the molecule is O=C(/C=C/c1cccs1)N1CC[NH+](Cc2ccccc2)CC1. The number of hydrogen-bond donors (Lipinski definition) is 1. The molecule has 3 nitrogen and oxygen atoms in total. The predicted molar refractivity (Wildman–Crippen MR) is 90.8 cm³/mol. The van der Waals surface area contributed by atoms with Crippen LogP contribution in [0.2, 0.25) is 0 Å². The van der Waals surface area contributed by atoms with Gasteiger partial charge in [-0.3, -0.25) is 4.79 Å². The molecular formula is C18H21N2OS+. The van der Waals surface area contributed by atoms with E-state index in [-0.39, 0.29) is 5.91 Å². The van der Waals surface area contributed by atoms with Gasteiger partial charge in [0.05, 0.1) is 26.2 Å². The molecule has 0 atom stereocenters. The monoisotopic (exact) mass is 313 g/mol. The molecule has 2 aromatic rings.